The lowest BCUT2D eigenvalue weighted by Gasteiger charge is -1.92. The molecule has 0 fully saturated rings. The van der Waals surface area contributed by atoms with Gasteiger partial charge in [-0.3, -0.25) is 4.79 Å². The summed E-state index contributed by atoms with van der Waals surface area (Å²) in [7, 11) is 3.57. The van der Waals surface area contributed by atoms with Crippen LogP contribution in [0.4, 0.5) is 0 Å². The Kier molecular flexibility index (Phi) is 2.38. The highest BCUT2D eigenvalue weighted by Crippen LogP contribution is 1.93. The molecule has 60 valence electrons. The third-order valence-electron chi connectivity index (χ3n) is 1.33. The second-order valence-electron chi connectivity index (χ2n) is 2.38. The van der Waals surface area contributed by atoms with E-state index in [2.05, 4.69) is 10.3 Å². The fourth-order valence-corrected chi connectivity index (χ4v) is 0.808. The average molecular weight is 153 g/mol. The molecule has 0 aromatic carbocycles. The first-order valence-electron chi connectivity index (χ1n) is 3.40. The predicted octanol–water partition coefficient (Wildman–Crippen LogP) is -0.178. The quantitative estimate of drug-likeness (QED) is 0.613. The Labute approximate surface area is 65.2 Å². The molecule has 0 saturated heterocycles. The summed E-state index contributed by atoms with van der Waals surface area (Å²) < 4.78 is 1.75. The van der Waals surface area contributed by atoms with Crippen LogP contribution < -0.4 is 5.32 Å². The van der Waals surface area contributed by atoms with E-state index in [9.17, 15) is 4.79 Å². The molecule has 1 rings (SSSR count). The number of hydrogen-bond donors (Lipinski definition) is 1. The number of nitrogens with one attached hydrogen (secondary N) is 1. The minimum absolute atomic E-state index is 0.0214. The molecule has 0 atom stereocenters. The van der Waals surface area contributed by atoms with Gasteiger partial charge in [-0.05, 0) is 7.05 Å². The van der Waals surface area contributed by atoms with Crippen molar-refractivity contribution in [2.75, 3.05) is 13.6 Å². The van der Waals surface area contributed by atoms with Crippen molar-refractivity contribution in [3.05, 3.63) is 18.2 Å². The number of ketones is 1. The van der Waals surface area contributed by atoms with Crippen LogP contribution in [0, 0.1) is 0 Å². The lowest BCUT2D eigenvalue weighted by atomic mass is 10.3. The maximum Gasteiger partial charge on any atom is 0.196 e. The first-order chi connectivity index (χ1) is 5.24. The van der Waals surface area contributed by atoms with Gasteiger partial charge < -0.3 is 9.88 Å². The SMILES string of the molecule is CNCC(=O)c1cn(C)cn1. The van der Waals surface area contributed by atoms with Crippen LogP contribution >= 0.6 is 0 Å². The molecule has 11 heavy (non-hydrogen) atoms. The molecule has 4 heteroatoms. The van der Waals surface area contributed by atoms with Crippen LogP contribution in [0.3, 0.4) is 0 Å². The molecule has 4 nitrogen and oxygen atoms in total. The fraction of sp³-hybridized carbons (Fsp3) is 0.429. The number of nitrogens with zero attached hydrogens (tertiary/aromatic N) is 2. The lowest BCUT2D eigenvalue weighted by Crippen LogP contribution is -2.18. The topological polar surface area (TPSA) is 46.9 Å². The van der Waals surface area contributed by atoms with E-state index >= 15 is 0 Å². The summed E-state index contributed by atoms with van der Waals surface area (Å²) in [5, 5.41) is 2.78. The Morgan fingerprint density at radius 2 is 2.55 bits per heavy atom. The highest BCUT2D eigenvalue weighted by atomic mass is 16.1. The Morgan fingerprint density at radius 3 is 3.00 bits per heavy atom. The van der Waals surface area contributed by atoms with Gasteiger partial charge in [0.25, 0.3) is 0 Å². The Hall–Kier alpha value is -1.16. The summed E-state index contributed by atoms with van der Waals surface area (Å²) in [6.45, 7) is 0.344. The van der Waals surface area contributed by atoms with Crippen molar-refractivity contribution < 1.29 is 4.79 Å². The van der Waals surface area contributed by atoms with Crippen LogP contribution in [-0.4, -0.2) is 28.9 Å². The number of hydrogen-bond acceptors (Lipinski definition) is 3. The van der Waals surface area contributed by atoms with Crippen molar-refractivity contribution in [2.45, 2.75) is 0 Å². The van der Waals surface area contributed by atoms with Crippen LogP contribution in [0.15, 0.2) is 12.5 Å². The zero-order chi connectivity index (χ0) is 8.27. The van der Waals surface area contributed by atoms with Gasteiger partial charge in [0.1, 0.15) is 5.69 Å². The lowest BCUT2D eigenvalue weighted by molar-refractivity contribution is 0.0989. The molecule has 0 aliphatic heterocycles. The molecular weight excluding hydrogens is 142 g/mol. The van der Waals surface area contributed by atoms with Gasteiger partial charge in [-0.15, -0.1) is 0 Å². The largest absolute Gasteiger partial charge is 0.340 e. The van der Waals surface area contributed by atoms with Gasteiger partial charge in [0, 0.05) is 13.2 Å². The summed E-state index contributed by atoms with van der Waals surface area (Å²) in [4.78, 5) is 15.0. The number of Topliss-reactive ketones (excluding diaryl/α,β-unsaturated/α-hetero) is 1. The Bertz CT molecular complexity index is 254. The number of carbonyl (C=O) groups is 1. The molecule has 0 amide bonds. The molecule has 1 N–H and O–H groups in total. The zero-order valence-electron chi connectivity index (χ0n) is 6.66. The normalized spacial score (nSPS) is 10.0. The van der Waals surface area contributed by atoms with Crippen LogP contribution in [-0.2, 0) is 7.05 Å². The summed E-state index contributed by atoms with van der Waals surface area (Å²) >= 11 is 0. The van der Waals surface area contributed by atoms with Crippen molar-refractivity contribution in [1.29, 1.82) is 0 Å². The maximum atomic E-state index is 11.1. The van der Waals surface area contributed by atoms with E-state index in [1.54, 1.807) is 24.1 Å². The number of aromatic nitrogens is 2. The molecule has 0 aliphatic rings. The minimum Gasteiger partial charge on any atom is -0.340 e. The van der Waals surface area contributed by atoms with Gasteiger partial charge in [-0.25, -0.2) is 4.98 Å². The van der Waals surface area contributed by atoms with Crippen LogP contribution in [0.2, 0.25) is 0 Å². The number of aryl methyl sites for hydroxylation is 1. The van der Waals surface area contributed by atoms with E-state index in [-0.39, 0.29) is 5.78 Å². The van der Waals surface area contributed by atoms with Crippen molar-refractivity contribution in [1.82, 2.24) is 14.9 Å². The van der Waals surface area contributed by atoms with Gasteiger partial charge in [-0.2, -0.15) is 0 Å². The molecule has 1 heterocycles. The molecule has 0 unspecified atom stereocenters. The maximum absolute atomic E-state index is 11.1. The monoisotopic (exact) mass is 153 g/mol. The number of imidazole rings is 1. The van der Waals surface area contributed by atoms with E-state index in [1.165, 1.54) is 0 Å². The highest BCUT2D eigenvalue weighted by molar-refractivity contribution is 5.95. The second-order valence-corrected chi connectivity index (χ2v) is 2.38. The Balaban J connectivity index is 2.69. The Morgan fingerprint density at radius 1 is 1.82 bits per heavy atom. The summed E-state index contributed by atoms with van der Waals surface area (Å²) in [5.41, 5.74) is 0.516. The average Bonchev–Trinajstić information content (AvgIpc) is 2.36. The second kappa shape index (κ2) is 3.30. The van der Waals surface area contributed by atoms with Crippen molar-refractivity contribution in [2.24, 2.45) is 7.05 Å². The highest BCUT2D eigenvalue weighted by Gasteiger charge is 2.05. The van der Waals surface area contributed by atoms with Gasteiger partial charge in [0.05, 0.1) is 12.9 Å². The first-order valence-corrected chi connectivity index (χ1v) is 3.40. The van der Waals surface area contributed by atoms with E-state index in [0.717, 1.165) is 0 Å². The fourth-order valence-electron chi connectivity index (χ4n) is 0.808. The predicted molar refractivity (Wildman–Crippen MR) is 41.5 cm³/mol. The summed E-state index contributed by atoms with van der Waals surface area (Å²) in [6.07, 6.45) is 3.32. The smallest absolute Gasteiger partial charge is 0.196 e. The molecule has 0 spiro atoms. The molecular formula is C7H11N3O. The minimum atomic E-state index is 0.0214. The molecule has 0 radical (unpaired) electrons. The van der Waals surface area contributed by atoms with E-state index < -0.39 is 0 Å². The zero-order valence-corrected chi connectivity index (χ0v) is 6.66. The number of carbonyl (C=O) groups excluding carboxylic acids is 1. The van der Waals surface area contributed by atoms with E-state index in [1.807, 2.05) is 7.05 Å². The molecule has 1 aromatic heterocycles. The van der Waals surface area contributed by atoms with E-state index in [4.69, 9.17) is 0 Å². The van der Waals surface area contributed by atoms with Crippen molar-refractivity contribution >= 4 is 5.78 Å². The number of rotatable bonds is 3. The summed E-state index contributed by atoms with van der Waals surface area (Å²) in [5.74, 6) is 0.0214. The van der Waals surface area contributed by atoms with Crippen LogP contribution in [0.5, 0.6) is 0 Å². The van der Waals surface area contributed by atoms with Crippen molar-refractivity contribution in [3.63, 3.8) is 0 Å². The molecule has 1 aromatic rings. The van der Waals surface area contributed by atoms with Crippen molar-refractivity contribution in [3.8, 4) is 0 Å². The van der Waals surface area contributed by atoms with Crippen LogP contribution in [0.1, 0.15) is 10.5 Å². The standard InChI is InChI=1S/C7H11N3O/c1-8-3-7(11)6-4-10(2)5-9-6/h4-5,8H,3H2,1-2H3. The third kappa shape index (κ3) is 1.88. The van der Waals surface area contributed by atoms with E-state index in [0.29, 0.717) is 12.2 Å². The molecule has 0 bridgehead atoms. The summed E-state index contributed by atoms with van der Waals surface area (Å²) in [6, 6.07) is 0. The molecule has 0 saturated carbocycles. The van der Waals surface area contributed by atoms with Gasteiger partial charge in [0.15, 0.2) is 5.78 Å². The van der Waals surface area contributed by atoms with Gasteiger partial charge in [0.2, 0.25) is 0 Å². The first kappa shape index (κ1) is 7.94. The molecule has 0 aliphatic carbocycles. The van der Waals surface area contributed by atoms with Crippen LogP contribution in [0.25, 0.3) is 0 Å². The number of likely N-dealkylation sites (N-methyl/N-ethyl adjacent to an activating group) is 1. The third-order valence-corrected chi connectivity index (χ3v) is 1.33. The van der Waals surface area contributed by atoms with Gasteiger partial charge in [-0.1, -0.05) is 0 Å². The van der Waals surface area contributed by atoms with Gasteiger partial charge >= 0.3 is 0 Å².